The van der Waals surface area contributed by atoms with Crippen molar-refractivity contribution >= 4 is 40.3 Å². The number of carbonyl (C=O) groups excluding carboxylic acids is 2. The summed E-state index contributed by atoms with van der Waals surface area (Å²) in [4.78, 5) is 41.6. The number of nitrogens with one attached hydrogen (secondary N) is 1. The molecule has 11 heteroatoms. The number of carbonyl (C=O) groups is 2. The van der Waals surface area contributed by atoms with Crippen molar-refractivity contribution in [2.75, 3.05) is 18.4 Å². The van der Waals surface area contributed by atoms with E-state index in [2.05, 4.69) is 24.6 Å². The Balaban J connectivity index is 1.17. The summed E-state index contributed by atoms with van der Waals surface area (Å²) >= 11 is 1.29. The zero-order chi connectivity index (χ0) is 28.3. The van der Waals surface area contributed by atoms with Crippen LogP contribution >= 0.6 is 11.5 Å². The number of fused-ring (bicyclic) bond motifs is 1. The monoisotopic (exact) mass is 560 g/mol. The molecule has 5 rings (SSSR count). The summed E-state index contributed by atoms with van der Waals surface area (Å²) in [7, 11) is 0. The molecule has 0 radical (unpaired) electrons. The highest BCUT2D eigenvalue weighted by Gasteiger charge is 2.28. The predicted molar refractivity (Wildman–Crippen MR) is 153 cm³/mol. The molecule has 0 unspecified atom stereocenters. The fraction of sp³-hybridized carbons (Fsp3) is 0.379. The second-order valence-electron chi connectivity index (χ2n) is 10.7. The number of hydrogen-bond acceptors (Lipinski definition) is 9. The number of aryl methyl sites for hydroxylation is 1. The Kier molecular flexibility index (Phi) is 7.92. The van der Waals surface area contributed by atoms with E-state index in [0.717, 1.165) is 21.6 Å². The SMILES string of the molecule is Cc1nsc(Cc2cnc3ccccc3n2)c1C(=O)Nc1ccc(OC2CCN(C(=O)OC(C)(C)C)CC2)nc1. The summed E-state index contributed by atoms with van der Waals surface area (Å²) in [5, 5.41) is 2.92. The maximum atomic E-state index is 13.2. The number of likely N-dealkylation sites (tertiary alicyclic amines) is 1. The quantitative estimate of drug-likeness (QED) is 0.332. The molecule has 1 fully saturated rings. The van der Waals surface area contributed by atoms with Gasteiger partial charge in [0.2, 0.25) is 5.88 Å². The van der Waals surface area contributed by atoms with Gasteiger partial charge in [0.15, 0.2) is 0 Å². The molecule has 10 nitrogen and oxygen atoms in total. The first kappa shape index (κ1) is 27.4. The highest BCUT2D eigenvalue weighted by molar-refractivity contribution is 7.06. The van der Waals surface area contributed by atoms with Gasteiger partial charge in [-0.05, 0) is 57.4 Å². The third-order valence-corrected chi connectivity index (χ3v) is 7.31. The molecule has 0 saturated carbocycles. The second kappa shape index (κ2) is 11.5. The van der Waals surface area contributed by atoms with Crippen molar-refractivity contribution in [1.29, 1.82) is 0 Å². The molecule has 2 amide bonds. The van der Waals surface area contributed by atoms with Crippen molar-refractivity contribution in [3.63, 3.8) is 0 Å². The molecule has 0 spiro atoms. The van der Waals surface area contributed by atoms with Crippen molar-refractivity contribution in [3.8, 4) is 5.88 Å². The molecule has 4 heterocycles. The number of ether oxygens (including phenoxy) is 2. The van der Waals surface area contributed by atoms with Crippen LogP contribution in [0, 0.1) is 6.92 Å². The Morgan fingerprint density at radius 1 is 1.05 bits per heavy atom. The van der Waals surface area contributed by atoms with Gasteiger partial charge < -0.3 is 19.7 Å². The average Bonchev–Trinajstić information content (AvgIpc) is 3.28. The van der Waals surface area contributed by atoms with Gasteiger partial charge in [-0.25, -0.2) is 14.8 Å². The fourth-order valence-electron chi connectivity index (χ4n) is 4.44. The van der Waals surface area contributed by atoms with E-state index in [1.165, 1.54) is 11.5 Å². The van der Waals surface area contributed by atoms with Gasteiger partial charge in [-0.1, -0.05) is 12.1 Å². The van der Waals surface area contributed by atoms with Gasteiger partial charge in [-0.2, -0.15) is 4.37 Å². The number of hydrogen-bond donors (Lipinski definition) is 1. The summed E-state index contributed by atoms with van der Waals surface area (Å²) in [5.74, 6) is 0.220. The number of piperidine rings is 1. The fourth-order valence-corrected chi connectivity index (χ4v) is 5.33. The molecule has 3 aromatic heterocycles. The first-order valence-corrected chi connectivity index (χ1v) is 14.0. The smallest absolute Gasteiger partial charge is 0.410 e. The van der Waals surface area contributed by atoms with E-state index >= 15 is 0 Å². The van der Waals surface area contributed by atoms with E-state index in [9.17, 15) is 9.59 Å². The number of benzene rings is 1. The lowest BCUT2D eigenvalue weighted by molar-refractivity contribution is 0.0123. The average molecular weight is 561 g/mol. The molecule has 0 bridgehead atoms. The van der Waals surface area contributed by atoms with Crippen molar-refractivity contribution in [2.24, 2.45) is 0 Å². The number of nitrogens with zero attached hydrogens (tertiary/aromatic N) is 5. The van der Waals surface area contributed by atoms with E-state index in [1.807, 2.05) is 52.0 Å². The lowest BCUT2D eigenvalue weighted by atomic mass is 10.1. The van der Waals surface area contributed by atoms with Gasteiger partial charge in [-0.3, -0.25) is 9.78 Å². The maximum absolute atomic E-state index is 13.2. The predicted octanol–water partition coefficient (Wildman–Crippen LogP) is 5.41. The van der Waals surface area contributed by atoms with Crippen LogP contribution in [0.3, 0.4) is 0 Å². The summed E-state index contributed by atoms with van der Waals surface area (Å²) in [6.45, 7) is 8.53. The summed E-state index contributed by atoms with van der Waals surface area (Å²) in [5.41, 5.74) is 3.66. The Morgan fingerprint density at radius 2 is 1.80 bits per heavy atom. The lowest BCUT2D eigenvalue weighted by Crippen LogP contribution is -2.44. The molecule has 1 aliphatic heterocycles. The number of amides is 2. The molecule has 40 heavy (non-hydrogen) atoms. The molecule has 4 aromatic rings. The Morgan fingerprint density at radius 3 is 2.50 bits per heavy atom. The van der Waals surface area contributed by atoms with Crippen LogP contribution in [-0.4, -0.2) is 61.0 Å². The Hall–Kier alpha value is -4.12. The van der Waals surface area contributed by atoms with E-state index in [1.54, 1.807) is 29.4 Å². The highest BCUT2D eigenvalue weighted by atomic mass is 32.1. The molecule has 208 valence electrons. The van der Waals surface area contributed by atoms with Crippen LogP contribution in [0.25, 0.3) is 11.0 Å². The molecule has 1 aliphatic rings. The first-order valence-electron chi connectivity index (χ1n) is 13.2. The van der Waals surface area contributed by atoms with E-state index in [0.29, 0.717) is 55.2 Å². The molecule has 0 aliphatic carbocycles. The minimum Gasteiger partial charge on any atom is -0.474 e. The number of rotatable bonds is 6. The second-order valence-corrected chi connectivity index (χ2v) is 11.6. The largest absolute Gasteiger partial charge is 0.474 e. The van der Waals surface area contributed by atoms with Gasteiger partial charge in [0, 0.05) is 49.5 Å². The van der Waals surface area contributed by atoms with E-state index in [-0.39, 0.29) is 18.1 Å². The van der Waals surface area contributed by atoms with Gasteiger partial charge in [0.05, 0.1) is 39.9 Å². The normalized spacial score (nSPS) is 14.2. The zero-order valence-corrected chi connectivity index (χ0v) is 23.8. The van der Waals surface area contributed by atoms with Crippen molar-refractivity contribution in [1.82, 2.24) is 24.2 Å². The van der Waals surface area contributed by atoms with Crippen molar-refractivity contribution < 1.29 is 19.1 Å². The minimum absolute atomic E-state index is 0.0491. The molecule has 1 N–H and O–H groups in total. The molecular weight excluding hydrogens is 528 g/mol. The van der Waals surface area contributed by atoms with E-state index < -0.39 is 5.60 Å². The van der Waals surface area contributed by atoms with Gasteiger partial charge >= 0.3 is 6.09 Å². The third-order valence-electron chi connectivity index (χ3n) is 6.38. The van der Waals surface area contributed by atoms with Gasteiger partial charge in [0.1, 0.15) is 11.7 Å². The van der Waals surface area contributed by atoms with Crippen LogP contribution in [0.2, 0.25) is 0 Å². The first-order chi connectivity index (χ1) is 19.1. The third kappa shape index (κ3) is 6.71. The zero-order valence-electron chi connectivity index (χ0n) is 23.0. The molecule has 1 saturated heterocycles. The maximum Gasteiger partial charge on any atom is 0.410 e. The topological polar surface area (TPSA) is 119 Å². The molecule has 1 aromatic carbocycles. The van der Waals surface area contributed by atoms with Crippen LogP contribution in [0.15, 0.2) is 48.8 Å². The number of pyridine rings is 1. The number of aromatic nitrogens is 4. The van der Waals surface area contributed by atoms with Gasteiger partial charge in [0.25, 0.3) is 5.91 Å². The van der Waals surface area contributed by atoms with Crippen LogP contribution in [0.4, 0.5) is 10.5 Å². The number of anilines is 1. The van der Waals surface area contributed by atoms with Crippen molar-refractivity contribution in [3.05, 3.63) is 70.6 Å². The molecule has 0 atom stereocenters. The summed E-state index contributed by atoms with van der Waals surface area (Å²) in [6, 6.07) is 11.2. The molecular formula is C29H32N6O4S. The van der Waals surface area contributed by atoms with Crippen LogP contribution in [0.5, 0.6) is 5.88 Å². The summed E-state index contributed by atoms with van der Waals surface area (Å²) in [6.07, 6.45) is 4.81. The Labute approximate surface area is 236 Å². The van der Waals surface area contributed by atoms with Gasteiger partial charge in [-0.15, -0.1) is 0 Å². The standard InChI is InChI=1S/C29H32N6O4S/c1-18-26(24(40-34-18)15-20-17-30-22-7-5-6-8-23(22)32-20)27(36)33-19-9-10-25(31-16-19)38-21-11-13-35(14-12-21)28(37)39-29(2,3)4/h5-10,16-17,21H,11-15H2,1-4H3,(H,33,36). The summed E-state index contributed by atoms with van der Waals surface area (Å²) < 4.78 is 15.9. The minimum atomic E-state index is -0.516. The Bertz CT molecular complexity index is 1510. The van der Waals surface area contributed by atoms with E-state index in [4.69, 9.17) is 9.47 Å². The lowest BCUT2D eigenvalue weighted by Gasteiger charge is -2.33. The van der Waals surface area contributed by atoms with Crippen LogP contribution in [0.1, 0.15) is 60.2 Å². The highest BCUT2D eigenvalue weighted by Crippen LogP contribution is 2.25. The van der Waals surface area contributed by atoms with Crippen LogP contribution < -0.4 is 10.1 Å². The van der Waals surface area contributed by atoms with Crippen LogP contribution in [-0.2, 0) is 11.2 Å². The number of para-hydroxylation sites is 2. The van der Waals surface area contributed by atoms with Crippen molar-refractivity contribution in [2.45, 2.75) is 58.7 Å².